The van der Waals surface area contributed by atoms with E-state index in [1.807, 2.05) is 18.2 Å². The molecule has 4 nitrogen and oxygen atoms in total. The van der Waals surface area contributed by atoms with Crippen LogP contribution < -0.4 is 11.1 Å². The van der Waals surface area contributed by atoms with Gasteiger partial charge in [0.1, 0.15) is 0 Å². The molecule has 108 valence electrons. The van der Waals surface area contributed by atoms with E-state index >= 15 is 0 Å². The first-order valence-corrected chi connectivity index (χ1v) is 7.64. The van der Waals surface area contributed by atoms with Crippen LogP contribution in [0, 0.1) is 0 Å². The molecular weight excluding hydrogens is 250 g/mol. The van der Waals surface area contributed by atoms with Crippen molar-refractivity contribution < 1.29 is 4.79 Å². The molecule has 2 aliphatic heterocycles. The Balaban J connectivity index is 1.80. The molecule has 20 heavy (non-hydrogen) atoms. The zero-order valence-corrected chi connectivity index (χ0v) is 11.8. The first kappa shape index (κ1) is 13.6. The molecule has 2 atom stereocenters. The van der Waals surface area contributed by atoms with Crippen LogP contribution in [0.1, 0.15) is 31.2 Å². The van der Waals surface area contributed by atoms with E-state index in [2.05, 4.69) is 16.3 Å². The van der Waals surface area contributed by atoms with Crippen molar-refractivity contribution in [1.82, 2.24) is 4.90 Å². The first-order valence-electron chi connectivity index (χ1n) is 7.64. The average molecular weight is 273 g/mol. The second-order valence-electron chi connectivity index (χ2n) is 5.82. The van der Waals surface area contributed by atoms with Gasteiger partial charge in [-0.25, -0.2) is 0 Å². The van der Waals surface area contributed by atoms with E-state index in [1.54, 1.807) is 0 Å². The normalized spacial score (nSPS) is 27.6. The Kier molecular flexibility index (Phi) is 4.03. The zero-order chi connectivity index (χ0) is 13.9. The van der Waals surface area contributed by atoms with Crippen LogP contribution >= 0.6 is 0 Å². The van der Waals surface area contributed by atoms with Gasteiger partial charge in [-0.1, -0.05) is 24.6 Å². The van der Waals surface area contributed by atoms with E-state index in [-0.39, 0.29) is 11.9 Å². The molecule has 3 rings (SSSR count). The number of anilines is 1. The maximum absolute atomic E-state index is 12.5. The number of rotatable bonds is 2. The van der Waals surface area contributed by atoms with Crippen molar-refractivity contribution in [1.29, 1.82) is 0 Å². The average Bonchev–Trinajstić information content (AvgIpc) is 2.65. The summed E-state index contributed by atoms with van der Waals surface area (Å²) < 4.78 is 0. The van der Waals surface area contributed by atoms with Gasteiger partial charge >= 0.3 is 0 Å². The number of nitrogens with one attached hydrogen (secondary N) is 1. The maximum Gasteiger partial charge on any atom is 0.241 e. The van der Waals surface area contributed by atoms with Crippen LogP contribution in [0.25, 0.3) is 0 Å². The number of carbonyl (C=O) groups excluding carboxylic acids is 1. The van der Waals surface area contributed by atoms with Gasteiger partial charge in [-0.2, -0.15) is 0 Å². The number of para-hydroxylation sites is 1. The molecule has 0 aromatic heterocycles. The molecule has 1 aromatic carbocycles. The molecule has 2 heterocycles. The molecule has 2 aliphatic rings. The fourth-order valence-corrected chi connectivity index (χ4v) is 3.50. The third kappa shape index (κ3) is 2.58. The topological polar surface area (TPSA) is 58.4 Å². The number of nitrogens with two attached hydrogens (primary N) is 1. The number of hydrogen-bond donors (Lipinski definition) is 2. The van der Waals surface area contributed by atoms with E-state index in [9.17, 15) is 4.79 Å². The molecule has 0 radical (unpaired) electrons. The number of likely N-dealkylation sites (tertiary alicyclic amines) is 1. The molecule has 1 amide bonds. The van der Waals surface area contributed by atoms with Gasteiger partial charge in [0.2, 0.25) is 5.91 Å². The highest BCUT2D eigenvalue weighted by molar-refractivity contribution is 5.96. The number of nitrogens with zero attached hydrogens (tertiary/aromatic N) is 1. The summed E-state index contributed by atoms with van der Waals surface area (Å²) >= 11 is 0. The zero-order valence-electron chi connectivity index (χ0n) is 11.8. The number of fused-ring (bicyclic) bond motifs is 1. The summed E-state index contributed by atoms with van der Waals surface area (Å²) in [5, 5.41) is 3.09. The maximum atomic E-state index is 12.5. The molecule has 2 unspecified atom stereocenters. The van der Waals surface area contributed by atoms with Crippen LogP contribution in [0.3, 0.4) is 0 Å². The van der Waals surface area contributed by atoms with Gasteiger partial charge in [-0.05, 0) is 43.9 Å². The van der Waals surface area contributed by atoms with E-state index < -0.39 is 0 Å². The van der Waals surface area contributed by atoms with E-state index in [1.165, 1.54) is 18.4 Å². The second-order valence-corrected chi connectivity index (χ2v) is 5.82. The van der Waals surface area contributed by atoms with Crippen LogP contribution in [0.4, 0.5) is 5.69 Å². The fourth-order valence-electron chi connectivity index (χ4n) is 3.50. The van der Waals surface area contributed by atoms with Gasteiger partial charge < -0.3 is 11.1 Å². The van der Waals surface area contributed by atoms with Gasteiger partial charge in [-0.15, -0.1) is 0 Å². The van der Waals surface area contributed by atoms with Crippen LogP contribution in [0.2, 0.25) is 0 Å². The van der Waals surface area contributed by atoms with Crippen molar-refractivity contribution in [2.24, 2.45) is 5.73 Å². The molecule has 0 saturated carbocycles. The SMILES string of the molecule is NCC1CCCCN1C1CCc2ccccc2NC1=O. The lowest BCUT2D eigenvalue weighted by molar-refractivity contribution is -0.122. The summed E-state index contributed by atoms with van der Waals surface area (Å²) in [6.07, 6.45) is 5.36. The van der Waals surface area contributed by atoms with Crippen molar-refractivity contribution in [3.63, 3.8) is 0 Å². The lowest BCUT2D eigenvalue weighted by atomic mass is 9.97. The van der Waals surface area contributed by atoms with Gasteiger partial charge in [0.15, 0.2) is 0 Å². The molecule has 1 aromatic rings. The Morgan fingerprint density at radius 2 is 2.10 bits per heavy atom. The summed E-state index contributed by atoms with van der Waals surface area (Å²) in [5.41, 5.74) is 8.11. The van der Waals surface area contributed by atoms with Crippen LogP contribution in [0.5, 0.6) is 0 Å². The number of benzene rings is 1. The lowest BCUT2D eigenvalue weighted by Crippen LogP contribution is -2.53. The number of amides is 1. The molecule has 1 fully saturated rings. The third-order valence-corrected chi connectivity index (χ3v) is 4.61. The van der Waals surface area contributed by atoms with Gasteiger partial charge in [0, 0.05) is 18.3 Å². The minimum absolute atomic E-state index is 0.0313. The predicted molar refractivity (Wildman–Crippen MR) is 80.6 cm³/mol. The molecule has 1 saturated heterocycles. The van der Waals surface area contributed by atoms with Crippen LogP contribution in [0.15, 0.2) is 24.3 Å². The van der Waals surface area contributed by atoms with Gasteiger partial charge in [0.25, 0.3) is 0 Å². The monoisotopic (exact) mass is 273 g/mol. The summed E-state index contributed by atoms with van der Waals surface area (Å²) in [6, 6.07) is 8.44. The van der Waals surface area contributed by atoms with Gasteiger partial charge in [-0.3, -0.25) is 9.69 Å². The van der Waals surface area contributed by atoms with Crippen molar-refractivity contribution in [3.05, 3.63) is 29.8 Å². The van der Waals surface area contributed by atoms with Crippen molar-refractivity contribution in [3.8, 4) is 0 Å². The Hall–Kier alpha value is -1.39. The number of aryl methyl sites for hydroxylation is 1. The molecule has 4 heteroatoms. The van der Waals surface area contributed by atoms with Crippen LogP contribution in [-0.2, 0) is 11.2 Å². The number of piperidine rings is 1. The molecule has 3 N–H and O–H groups in total. The largest absolute Gasteiger partial charge is 0.329 e. The van der Waals surface area contributed by atoms with Gasteiger partial charge in [0.05, 0.1) is 6.04 Å². The minimum atomic E-state index is -0.0313. The highest BCUT2D eigenvalue weighted by Crippen LogP contribution is 2.27. The van der Waals surface area contributed by atoms with Crippen molar-refractivity contribution in [2.75, 3.05) is 18.4 Å². The van der Waals surface area contributed by atoms with Crippen molar-refractivity contribution >= 4 is 11.6 Å². The Labute approximate surface area is 120 Å². The Morgan fingerprint density at radius 1 is 1.25 bits per heavy atom. The smallest absolute Gasteiger partial charge is 0.241 e. The third-order valence-electron chi connectivity index (χ3n) is 4.61. The van der Waals surface area contributed by atoms with Crippen LogP contribution in [-0.4, -0.2) is 36.0 Å². The number of hydrogen-bond acceptors (Lipinski definition) is 3. The molecular formula is C16H23N3O. The quantitative estimate of drug-likeness (QED) is 0.863. The standard InChI is InChI=1S/C16H23N3O/c17-11-13-6-3-4-10-19(13)15-9-8-12-5-1-2-7-14(12)18-16(15)20/h1-2,5,7,13,15H,3-4,6,8-11,17H2,(H,18,20). The Morgan fingerprint density at radius 3 is 2.95 bits per heavy atom. The summed E-state index contributed by atoms with van der Waals surface area (Å²) in [6.45, 7) is 1.65. The summed E-state index contributed by atoms with van der Waals surface area (Å²) in [7, 11) is 0. The predicted octanol–water partition coefficient (Wildman–Crippen LogP) is 1.75. The molecule has 0 aliphatic carbocycles. The summed E-state index contributed by atoms with van der Waals surface area (Å²) in [5.74, 6) is 0.135. The fraction of sp³-hybridized carbons (Fsp3) is 0.562. The molecule has 0 spiro atoms. The highest BCUT2D eigenvalue weighted by Gasteiger charge is 2.34. The highest BCUT2D eigenvalue weighted by atomic mass is 16.2. The lowest BCUT2D eigenvalue weighted by Gasteiger charge is -2.39. The number of carbonyl (C=O) groups is 1. The van der Waals surface area contributed by atoms with E-state index in [4.69, 9.17) is 5.73 Å². The minimum Gasteiger partial charge on any atom is -0.329 e. The summed E-state index contributed by atoms with van der Waals surface area (Å²) in [4.78, 5) is 14.9. The van der Waals surface area contributed by atoms with E-state index in [0.717, 1.165) is 31.5 Å². The Bertz CT molecular complexity index is 488. The second kappa shape index (κ2) is 5.94. The van der Waals surface area contributed by atoms with Crippen molar-refractivity contribution in [2.45, 2.75) is 44.2 Å². The molecule has 0 bridgehead atoms. The van der Waals surface area contributed by atoms with E-state index in [0.29, 0.717) is 12.6 Å². The first-order chi connectivity index (χ1) is 9.79.